The predicted octanol–water partition coefficient (Wildman–Crippen LogP) is 4.17. The summed E-state index contributed by atoms with van der Waals surface area (Å²) >= 11 is 0. The molecule has 1 rings (SSSR count). The first kappa shape index (κ1) is 14.0. The van der Waals surface area contributed by atoms with Gasteiger partial charge in [0.05, 0.1) is 0 Å². The van der Waals surface area contributed by atoms with E-state index in [-0.39, 0.29) is 0 Å². The van der Waals surface area contributed by atoms with Crippen LogP contribution in [0.4, 0.5) is 0 Å². The summed E-state index contributed by atoms with van der Waals surface area (Å²) in [5, 5.41) is 10.8. The molecule has 0 bridgehead atoms. The van der Waals surface area contributed by atoms with Crippen molar-refractivity contribution in [3.05, 3.63) is 48.6 Å². The summed E-state index contributed by atoms with van der Waals surface area (Å²) in [5.41, 5.74) is 2.61. The fourth-order valence-corrected chi connectivity index (χ4v) is 2.63. The summed E-state index contributed by atoms with van der Waals surface area (Å²) in [7, 11) is 0. The van der Waals surface area contributed by atoms with E-state index in [1.807, 2.05) is 13.0 Å². The molecule has 0 saturated carbocycles. The van der Waals surface area contributed by atoms with Gasteiger partial charge in [-0.25, -0.2) is 0 Å². The summed E-state index contributed by atoms with van der Waals surface area (Å²) in [5.74, 6) is 0.371. The zero-order valence-electron chi connectivity index (χ0n) is 11.1. The number of hydrogen-bond donors (Lipinski definition) is 1. The van der Waals surface area contributed by atoms with Crippen molar-refractivity contribution in [1.82, 2.24) is 0 Å². The van der Waals surface area contributed by atoms with Crippen LogP contribution in [0.25, 0.3) is 0 Å². The van der Waals surface area contributed by atoms with Gasteiger partial charge in [-0.3, -0.25) is 0 Å². The minimum Gasteiger partial charge on any atom is -0.381 e. The molecule has 1 aliphatic carbocycles. The molecular weight excluding hydrogens is 208 g/mol. The summed E-state index contributed by atoms with van der Waals surface area (Å²) in [6, 6.07) is 0. The molecule has 1 nitrogen and oxygen atoms in total. The van der Waals surface area contributed by atoms with E-state index in [2.05, 4.69) is 26.7 Å². The fraction of sp³-hybridized carbons (Fsp3) is 0.500. The molecule has 0 aromatic rings. The largest absolute Gasteiger partial charge is 0.381 e. The first-order valence-corrected chi connectivity index (χ1v) is 6.26. The van der Waals surface area contributed by atoms with Crippen LogP contribution in [0.2, 0.25) is 0 Å². The quantitative estimate of drug-likeness (QED) is 0.721. The van der Waals surface area contributed by atoms with Crippen molar-refractivity contribution >= 4 is 0 Å². The first-order valence-electron chi connectivity index (χ1n) is 6.26. The van der Waals surface area contributed by atoms with Crippen LogP contribution in [0.3, 0.4) is 0 Å². The predicted molar refractivity (Wildman–Crippen MR) is 74.8 cm³/mol. The van der Waals surface area contributed by atoms with E-state index < -0.39 is 5.60 Å². The number of aliphatic hydroxyl groups is 1. The van der Waals surface area contributed by atoms with Crippen LogP contribution in [0.15, 0.2) is 48.6 Å². The van der Waals surface area contributed by atoms with E-state index >= 15 is 0 Å². The molecule has 0 aromatic carbocycles. The Bertz CT molecular complexity index is 362. The van der Waals surface area contributed by atoms with E-state index in [0.717, 1.165) is 30.4 Å². The lowest BCUT2D eigenvalue weighted by Gasteiger charge is -2.30. The molecule has 1 N–H and O–H groups in total. The molecule has 0 aliphatic heterocycles. The van der Waals surface area contributed by atoms with Gasteiger partial charge in [0.15, 0.2) is 0 Å². The Morgan fingerprint density at radius 3 is 2.65 bits per heavy atom. The van der Waals surface area contributed by atoms with Crippen LogP contribution in [0.1, 0.15) is 39.5 Å². The second-order valence-corrected chi connectivity index (χ2v) is 5.17. The lowest BCUT2D eigenvalue weighted by Crippen LogP contribution is -2.31. The number of hydrogen-bond acceptors (Lipinski definition) is 1. The summed E-state index contributed by atoms with van der Waals surface area (Å²) in [6.45, 7) is 15.8. The molecule has 2 atom stereocenters. The van der Waals surface area contributed by atoms with Gasteiger partial charge in [-0.05, 0) is 51.0 Å². The Hall–Kier alpha value is -1.08. The van der Waals surface area contributed by atoms with Gasteiger partial charge in [0.1, 0.15) is 5.60 Å². The van der Waals surface area contributed by atoms with E-state index in [1.54, 1.807) is 6.08 Å². The number of allylic oxidation sites excluding steroid dienone is 3. The lowest BCUT2D eigenvalue weighted by molar-refractivity contribution is 0.104. The standard InChI is InChI=1S/C16H24O/c1-6-8-15-13(5)9-10-14(12(3)4)11-16(15,17)7-2/h6-7,14,17H,1-3,8-11H2,4-5H3/t14-,16?/m1/s1. The van der Waals surface area contributed by atoms with Crippen molar-refractivity contribution in [3.63, 3.8) is 0 Å². The zero-order valence-corrected chi connectivity index (χ0v) is 11.1. The average molecular weight is 232 g/mol. The van der Waals surface area contributed by atoms with Crippen LogP contribution in [-0.4, -0.2) is 10.7 Å². The normalized spacial score (nSPS) is 29.7. The molecule has 0 saturated heterocycles. The van der Waals surface area contributed by atoms with Crippen molar-refractivity contribution in [2.24, 2.45) is 5.92 Å². The van der Waals surface area contributed by atoms with E-state index in [1.165, 1.54) is 5.57 Å². The molecule has 17 heavy (non-hydrogen) atoms. The summed E-state index contributed by atoms with van der Waals surface area (Å²) in [4.78, 5) is 0. The molecule has 0 fully saturated rings. The first-order chi connectivity index (χ1) is 7.94. The molecule has 0 aromatic heterocycles. The van der Waals surface area contributed by atoms with Crippen molar-refractivity contribution in [3.8, 4) is 0 Å². The molecule has 1 unspecified atom stereocenters. The van der Waals surface area contributed by atoms with Gasteiger partial charge in [0, 0.05) is 0 Å². The van der Waals surface area contributed by atoms with Crippen molar-refractivity contribution < 1.29 is 5.11 Å². The van der Waals surface area contributed by atoms with Gasteiger partial charge >= 0.3 is 0 Å². The van der Waals surface area contributed by atoms with Crippen LogP contribution in [-0.2, 0) is 0 Å². The molecule has 0 amide bonds. The highest BCUT2D eigenvalue weighted by Gasteiger charge is 2.34. The zero-order chi connectivity index (χ0) is 13.1. The highest BCUT2D eigenvalue weighted by atomic mass is 16.3. The van der Waals surface area contributed by atoms with Crippen molar-refractivity contribution in [2.45, 2.75) is 45.1 Å². The topological polar surface area (TPSA) is 20.2 Å². The smallest absolute Gasteiger partial charge is 0.105 e. The molecule has 0 spiro atoms. The third-order valence-electron chi connectivity index (χ3n) is 3.85. The molecular formula is C16H24O. The van der Waals surface area contributed by atoms with Gasteiger partial charge in [0.2, 0.25) is 0 Å². The Morgan fingerprint density at radius 1 is 1.53 bits per heavy atom. The molecule has 1 aliphatic rings. The van der Waals surface area contributed by atoms with Gasteiger partial charge in [-0.2, -0.15) is 0 Å². The summed E-state index contributed by atoms with van der Waals surface area (Å²) in [6.07, 6.45) is 7.06. The van der Waals surface area contributed by atoms with Crippen molar-refractivity contribution in [2.75, 3.05) is 0 Å². The van der Waals surface area contributed by atoms with Crippen molar-refractivity contribution in [1.29, 1.82) is 0 Å². The third-order valence-corrected chi connectivity index (χ3v) is 3.85. The maximum absolute atomic E-state index is 10.8. The number of rotatable bonds is 4. The van der Waals surface area contributed by atoms with Crippen LogP contribution < -0.4 is 0 Å². The Kier molecular flexibility index (Phi) is 4.53. The Morgan fingerprint density at radius 2 is 2.18 bits per heavy atom. The molecule has 94 valence electrons. The Labute approximate surface area is 105 Å². The minimum absolute atomic E-state index is 0.371. The molecule has 1 heteroatoms. The second-order valence-electron chi connectivity index (χ2n) is 5.17. The van der Waals surface area contributed by atoms with Crippen LogP contribution in [0.5, 0.6) is 0 Å². The summed E-state index contributed by atoms with van der Waals surface area (Å²) < 4.78 is 0. The lowest BCUT2D eigenvalue weighted by atomic mass is 9.81. The molecule has 0 radical (unpaired) electrons. The third kappa shape index (κ3) is 2.98. The SMILES string of the molecule is C=CCC1=C(C)CC[C@@H](C(=C)C)CC1(O)C=C. The van der Waals surface area contributed by atoms with Gasteiger partial charge in [-0.1, -0.05) is 36.5 Å². The van der Waals surface area contributed by atoms with E-state index in [4.69, 9.17) is 0 Å². The van der Waals surface area contributed by atoms with Crippen LogP contribution in [0, 0.1) is 5.92 Å². The van der Waals surface area contributed by atoms with Gasteiger partial charge in [-0.15, -0.1) is 6.58 Å². The van der Waals surface area contributed by atoms with Gasteiger partial charge < -0.3 is 5.11 Å². The average Bonchev–Trinajstić information content (AvgIpc) is 2.41. The second kappa shape index (κ2) is 5.50. The fourth-order valence-electron chi connectivity index (χ4n) is 2.63. The minimum atomic E-state index is -0.890. The monoisotopic (exact) mass is 232 g/mol. The Balaban J connectivity index is 3.12. The molecule has 0 heterocycles. The highest BCUT2D eigenvalue weighted by Crippen LogP contribution is 2.39. The maximum Gasteiger partial charge on any atom is 0.105 e. The van der Waals surface area contributed by atoms with Gasteiger partial charge in [0.25, 0.3) is 0 Å². The van der Waals surface area contributed by atoms with E-state index in [9.17, 15) is 5.11 Å². The maximum atomic E-state index is 10.8. The van der Waals surface area contributed by atoms with E-state index in [0.29, 0.717) is 12.3 Å². The highest BCUT2D eigenvalue weighted by molar-refractivity contribution is 5.32. The van der Waals surface area contributed by atoms with Crippen LogP contribution >= 0.6 is 0 Å².